The predicted octanol–water partition coefficient (Wildman–Crippen LogP) is 3.51. The number of aliphatic hydroxyl groups excluding tert-OH is 1. The molecule has 0 aliphatic rings. The number of hydrogen-bond donors (Lipinski definition) is 2. The van der Waals surface area contributed by atoms with Crippen LogP contribution in [0.1, 0.15) is 43.8 Å². The number of aliphatic hydroxyl groups is 1. The maximum absolute atomic E-state index is 12.4. The summed E-state index contributed by atoms with van der Waals surface area (Å²) in [4.78, 5) is 12.4. The lowest BCUT2D eigenvalue weighted by atomic mass is 9.80. The highest BCUT2D eigenvalue weighted by Crippen LogP contribution is 2.27. The van der Waals surface area contributed by atoms with Gasteiger partial charge in [0.1, 0.15) is 5.58 Å². The van der Waals surface area contributed by atoms with Crippen molar-refractivity contribution in [2.24, 2.45) is 11.3 Å². The van der Waals surface area contributed by atoms with E-state index in [-0.39, 0.29) is 11.8 Å². The van der Waals surface area contributed by atoms with Gasteiger partial charge in [-0.05, 0) is 18.9 Å². The molecular weight excluding hydrogens is 278 g/mol. The van der Waals surface area contributed by atoms with Crippen molar-refractivity contribution in [3.63, 3.8) is 0 Å². The van der Waals surface area contributed by atoms with E-state index in [1.54, 1.807) is 0 Å². The number of benzene rings is 1. The van der Waals surface area contributed by atoms with Gasteiger partial charge in [0.2, 0.25) is 0 Å². The normalized spacial score (nSPS) is 13.6. The van der Waals surface area contributed by atoms with Crippen molar-refractivity contribution < 1.29 is 14.3 Å². The molecule has 4 nitrogen and oxygen atoms in total. The lowest BCUT2D eigenvalue weighted by molar-refractivity contribution is 0.0136. The van der Waals surface area contributed by atoms with Gasteiger partial charge in [0.05, 0.1) is 6.10 Å². The fourth-order valence-corrected chi connectivity index (χ4v) is 2.79. The molecule has 22 heavy (non-hydrogen) atoms. The first kappa shape index (κ1) is 16.6. The molecule has 2 N–H and O–H groups in total. The molecule has 0 saturated heterocycles. The Labute approximate surface area is 131 Å². The molecule has 0 aliphatic carbocycles. The van der Waals surface area contributed by atoms with Crippen molar-refractivity contribution in [1.29, 1.82) is 0 Å². The Kier molecular flexibility index (Phi) is 4.61. The Hall–Kier alpha value is -1.81. The molecule has 1 aromatic heterocycles. The lowest BCUT2D eigenvalue weighted by Gasteiger charge is -2.33. The van der Waals surface area contributed by atoms with Crippen LogP contribution in [-0.2, 0) is 0 Å². The van der Waals surface area contributed by atoms with Gasteiger partial charge < -0.3 is 14.8 Å². The van der Waals surface area contributed by atoms with E-state index in [0.717, 1.165) is 10.9 Å². The monoisotopic (exact) mass is 303 g/mol. The van der Waals surface area contributed by atoms with Gasteiger partial charge in [-0.15, -0.1) is 0 Å². The zero-order chi connectivity index (χ0) is 16.5. The van der Waals surface area contributed by atoms with Crippen LogP contribution in [0, 0.1) is 18.3 Å². The molecule has 2 rings (SSSR count). The Morgan fingerprint density at radius 2 is 1.95 bits per heavy atom. The predicted molar refractivity (Wildman–Crippen MR) is 87.9 cm³/mol. The molecule has 1 unspecified atom stereocenters. The third kappa shape index (κ3) is 3.17. The second-order valence-electron chi connectivity index (χ2n) is 6.91. The topological polar surface area (TPSA) is 62.5 Å². The third-order valence-corrected chi connectivity index (χ3v) is 4.19. The molecule has 4 heteroatoms. The van der Waals surface area contributed by atoms with Gasteiger partial charge in [0, 0.05) is 22.9 Å². The van der Waals surface area contributed by atoms with Crippen molar-refractivity contribution in [3.8, 4) is 0 Å². The molecule has 2 aromatic rings. The molecule has 0 fully saturated rings. The van der Waals surface area contributed by atoms with Crippen LogP contribution in [-0.4, -0.2) is 23.7 Å². The fraction of sp³-hybridized carbons (Fsp3) is 0.500. The minimum Gasteiger partial charge on any atom is -0.451 e. The van der Waals surface area contributed by atoms with Gasteiger partial charge in [-0.1, -0.05) is 45.9 Å². The van der Waals surface area contributed by atoms with E-state index in [0.29, 0.717) is 17.9 Å². The Bertz CT molecular complexity index is 670. The van der Waals surface area contributed by atoms with Crippen LogP contribution in [0.15, 0.2) is 28.7 Å². The second kappa shape index (κ2) is 6.13. The van der Waals surface area contributed by atoms with Crippen molar-refractivity contribution in [2.45, 2.75) is 40.7 Å². The number of carbonyl (C=O) groups excluding carboxylic acids is 1. The van der Waals surface area contributed by atoms with E-state index in [9.17, 15) is 9.90 Å². The fourth-order valence-electron chi connectivity index (χ4n) is 2.79. The Morgan fingerprint density at radius 1 is 1.32 bits per heavy atom. The standard InChI is InChI=1S/C18H25NO3/c1-11(2)16(20)18(4,5)10-19-17(21)15-12(3)13-8-6-7-9-14(13)22-15/h6-9,11,16,20H,10H2,1-5H3,(H,19,21). The van der Waals surface area contributed by atoms with Crippen LogP contribution in [0.2, 0.25) is 0 Å². The number of carbonyl (C=O) groups is 1. The molecule has 1 atom stereocenters. The minimum atomic E-state index is -0.482. The first-order valence-corrected chi connectivity index (χ1v) is 7.68. The SMILES string of the molecule is Cc1c(C(=O)NCC(C)(C)C(O)C(C)C)oc2ccccc12. The van der Waals surface area contributed by atoms with Crippen LogP contribution in [0.25, 0.3) is 11.0 Å². The van der Waals surface area contributed by atoms with E-state index in [1.807, 2.05) is 58.9 Å². The van der Waals surface area contributed by atoms with E-state index in [2.05, 4.69) is 5.32 Å². The molecule has 1 heterocycles. The first-order chi connectivity index (χ1) is 10.2. The highest BCUT2D eigenvalue weighted by atomic mass is 16.3. The number of para-hydroxylation sites is 1. The van der Waals surface area contributed by atoms with Crippen LogP contribution < -0.4 is 5.32 Å². The Balaban J connectivity index is 2.13. The van der Waals surface area contributed by atoms with Crippen LogP contribution >= 0.6 is 0 Å². The highest BCUT2D eigenvalue weighted by Gasteiger charge is 2.31. The number of rotatable bonds is 5. The van der Waals surface area contributed by atoms with E-state index in [1.165, 1.54) is 0 Å². The van der Waals surface area contributed by atoms with Crippen LogP contribution in [0.3, 0.4) is 0 Å². The third-order valence-electron chi connectivity index (χ3n) is 4.19. The molecule has 0 bridgehead atoms. The Morgan fingerprint density at radius 3 is 2.55 bits per heavy atom. The number of furan rings is 1. The number of aryl methyl sites for hydroxylation is 1. The average molecular weight is 303 g/mol. The average Bonchev–Trinajstić information content (AvgIpc) is 2.81. The molecule has 0 saturated carbocycles. The summed E-state index contributed by atoms with van der Waals surface area (Å²) in [6.45, 7) is 10.1. The summed E-state index contributed by atoms with van der Waals surface area (Å²) in [6, 6.07) is 7.60. The van der Waals surface area contributed by atoms with Crippen molar-refractivity contribution >= 4 is 16.9 Å². The number of nitrogens with one attached hydrogen (secondary N) is 1. The summed E-state index contributed by atoms with van der Waals surface area (Å²) in [5.41, 5.74) is 1.16. The summed E-state index contributed by atoms with van der Waals surface area (Å²) >= 11 is 0. The van der Waals surface area contributed by atoms with Gasteiger partial charge in [0.25, 0.3) is 5.91 Å². The summed E-state index contributed by atoms with van der Waals surface area (Å²) in [6.07, 6.45) is -0.482. The summed E-state index contributed by atoms with van der Waals surface area (Å²) < 4.78 is 5.66. The lowest BCUT2D eigenvalue weighted by Crippen LogP contribution is -2.43. The van der Waals surface area contributed by atoms with Crippen molar-refractivity contribution in [3.05, 3.63) is 35.6 Å². The van der Waals surface area contributed by atoms with Gasteiger partial charge in [0.15, 0.2) is 5.76 Å². The maximum Gasteiger partial charge on any atom is 0.287 e. The zero-order valence-corrected chi connectivity index (χ0v) is 13.9. The first-order valence-electron chi connectivity index (χ1n) is 7.68. The molecule has 1 aromatic carbocycles. The molecular formula is C18H25NO3. The van der Waals surface area contributed by atoms with Gasteiger partial charge in [-0.3, -0.25) is 4.79 Å². The summed E-state index contributed by atoms with van der Waals surface area (Å²) in [5.74, 6) is 0.244. The van der Waals surface area contributed by atoms with Gasteiger partial charge >= 0.3 is 0 Å². The van der Waals surface area contributed by atoms with E-state index >= 15 is 0 Å². The summed E-state index contributed by atoms with van der Waals surface area (Å²) in [7, 11) is 0. The van der Waals surface area contributed by atoms with Gasteiger partial charge in [-0.2, -0.15) is 0 Å². The maximum atomic E-state index is 12.4. The molecule has 0 spiro atoms. The molecule has 0 radical (unpaired) electrons. The largest absolute Gasteiger partial charge is 0.451 e. The molecule has 1 amide bonds. The van der Waals surface area contributed by atoms with Crippen LogP contribution in [0.4, 0.5) is 0 Å². The molecule has 0 aliphatic heterocycles. The molecule has 120 valence electrons. The second-order valence-corrected chi connectivity index (χ2v) is 6.91. The van der Waals surface area contributed by atoms with Gasteiger partial charge in [-0.25, -0.2) is 0 Å². The number of amides is 1. The van der Waals surface area contributed by atoms with Crippen molar-refractivity contribution in [1.82, 2.24) is 5.32 Å². The summed E-state index contributed by atoms with van der Waals surface area (Å²) in [5, 5.41) is 14.1. The zero-order valence-electron chi connectivity index (χ0n) is 13.9. The van der Waals surface area contributed by atoms with Crippen LogP contribution in [0.5, 0.6) is 0 Å². The highest BCUT2D eigenvalue weighted by molar-refractivity contribution is 5.98. The quantitative estimate of drug-likeness (QED) is 0.888. The minimum absolute atomic E-state index is 0.139. The smallest absolute Gasteiger partial charge is 0.287 e. The number of fused-ring (bicyclic) bond motifs is 1. The number of hydrogen-bond acceptors (Lipinski definition) is 3. The van der Waals surface area contributed by atoms with E-state index < -0.39 is 11.5 Å². The van der Waals surface area contributed by atoms with Crippen molar-refractivity contribution in [2.75, 3.05) is 6.54 Å². The van der Waals surface area contributed by atoms with E-state index in [4.69, 9.17) is 4.42 Å².